The zero-order valence-electron chi connectivity index (χ0n) is 18.6. The van der Waals surface area contributed by atoms with Crippen molar-refractivity contribution in [2.45, 2.75) is 75.4 Å². The molecule has 0 spiro atoms. The molecule has 2 aromatic rings. The van der Waals surface area contributed by atoms with E-state index in [-0.39, 0.29) is 16.7 Å². The first-order chi connectivity index (χ1) is 15.0. The molecule has 1 aromatic carbocycles. The minimum atomic E-state index is -0.334. The van der Waals surface area contributed by atoms with E-state index < -0.39 is 0 Å². The van der Waals surface area contributed by atoms with Crippen LogP contribution in [0.3, 0.4) is 0 Å². The minimum absolute atomic E-state index is 0.112. The molecule has 1 fully saturated rings. The fraction of sp³-hybridized carbons (Fsp3) is 0.609. The Bertz CT molecular complexity index is 959. The van der Waals surface area contributed by atoms with E-state index >= 15 is 0 Å². The summed E-state index contributed by atoms with van der Waals surface area (Å²) in [6.45, 7) is 5.69. The summed E-state index contributed by atoms with van der Waals surface area (Å²) < 4.78 is 6.83. The van der Waals surface area contributed by atoms with Gasteiger partial charge in [0.15, 0.2) is 5.16 Å². The predicted molar refractivity (Wildman–Crippen MR) is 127 cm³/mol. The summed E-state index contributed by atoms with van der Waals surface area (Å²) in [6, 6.07) is 5.44. The molecular formula is C23H32ClN3O3S. The maximum absolute atomic E-state index is 13.3. The number of rotatable bonds is 9. The number of halogens is 1. The highest BCUT2D eigenvalue weighted by molar-refractivity contribution is 8.00. The lowest BCUT2D eigenvalue weighted by Crippen LogP contribution is -2.44. The topological polar surface area (TPSA) is 64.4 Å². The van der Waals surface area contributed by atoms with E-state index in [2.05, 4.69) is 0 Å². The molecule has 31 heavy (non-hydrogen) atoms. The molecule has 1 heterocycles. The van der Waals surface area contributed by atoms with Crippen LogP contribution in [0.25, 0.3) is 10.9 Å². The Morgan fingerprint density at radius 2 is 2.10 bits per heavy atom. The van der Waals surface area contributed by atoms with Crippen molar-refractivity contribution in [1.29, 1.82) is 0 Å². The molecule has 0 N–H and O–H groups in total. The van der Waals surface area contributed by atoms with E-state index in [1.54, 1.807) is 29.9 Å². The second-order valence-corrected chi connectivity index (χ2v) is 9.78. The third-order valence-corrected chi connectivity index (χ3v) is 7.19. The minimum Gasteiger partial charge on any atom is -0.385 e. The zero-order valence-corrected chi connectivity index (χ0v) is 20.2. The van der Waals surface area contributed by atoms with Gasteiger partial charge >= 0.3 is 0 Å². The van der Waals surface area contributed by atoms with Crippen molar-refractivity contribution >= 4 is 40.2 Å². The Balaban J connectivity index is 1.89. The summed E-state index contributed by atoms with van der Waals surface area (Å²) in [6.07, 6.45) is 6.46. The lowest BCUT2D eigenvalue weighted by molar-refractivity contribution is -0.133. The lowest BCUT2D eigenvalue weighted by atomic mass is 9.94. The number of amides is 1. The number of aromatic nitrogens is 2. The van der Waals surface area contributed by atoms with Gasteiger partial charge in [-0.2, -0.15) is 0 Å². The Morgan fingerprint density at radius 3 is 2.77 bits per heavy atom. The van der Waals surface area contributed by atoms with Gasteiger partial charge in [-0.15, -0.1) is 0 Å². The maximum Gasteiger partial charge on any atom is 0.262 e. The Morgan fingerprint density at radius 1 is 1.35 bits per heavy atom. The first kappa shape index (κ1) is 24.1. The second-order valence-electron chi connectivity index (χ2n) is 8.04. The fourth-order valence-corrected chi connectivity index (χ4v) is 5.43. The summed E-state index contributed by atoms with van der Waals surface area (Å²) >= 11 is 7.49. The van der Waals surface area contributed by atoms with Crippen molar-refractivity contribution in [3.05, 3.63) is 33.6 Å². The molecule has 1 aliphatic carbocycles. The number of nitrogens with zero attached hydrogens (tertiary/aromatic N) is 3. The molecule has 1 atom stereocenters. The third-order valence-electron chi connectivity index (χ3n) is 5.88. The fourth-order valence-electron chi connectivity index (χ4n) is 4.26. The van der Waals surface area contributed by atoms with Gasteiger partial charge in [-0.05, 0) is 51.3 Å². The van der Waals surface area contributed by atoms with Crippen LogP contribution in [-0.4, -0.2) is 51.9 Å². The molecule has 1 aromatic heterocycles. The molecule has 0 bridgehead atoms. The van der Waals surface area contributed by atoms with Crippen LogP contribution in [0.15, 0.2) is 28.2 Å². The first-order valence-electron chi connectivity index (χ1n) is 11.1. The summed E-state index contributed by atoms with van der Waals surface area (Å²) in [5.74, 6) is 0.114. The number of benzene rings is 1. The van der Waals surface area contributed by atoms with Crippen LogP contribution in [0, 0.1) is 0 Å². The Labute approximate surface area is 193 Å². The summed E-state index contributed by atoms with van der Waals surface area (Å²) in [7, 11) is 1.64. The van der Waals surface area contributed by atoms with E-state index in [1.165, 1.54) is 31.0 Å². The van der Waals surface area contributed by atoms with Crippen LogP contribution >= 0.6 is 23.4 Å². The smallest absolute Gasteiger partial charge is 0.262 e. The van der Waals surface area contributed by atoms with Gasteiger partial charge in [0.2, 0.25) is 5.91 Å². The van der Waals surface area contributed by atoms with Crippen LogP contribution in [0.1, 0.15) is 52.4 Å². The summed E-state index contributed by atoms with van der Waals surface area (Å²) in [5, 5.41) is 1.28. The quantitative estimate of drug-likeness (QED) is 0.304. The van der Waals surface area contributed by atoms with Crippen molar-refractivity contribution in [2.75, 3.05) is 20.3 Å². The predicted octanol–water partition coefficient (Wildman–Crippen LogP) is 4.75. The Kier molecular flexibility index (Phi) is 8.81. The summed E-state index contributed by atoms with van der Waals surface area (Å²) in [4.78, 5) is 33.2. The number of carbonyl (C=O) groups is 1. The molecule has 1 amide bonds. The lowest BCUT2D eigenvalue weighted by Gasteiger charge is -2.35. The third kappa shape index (κ3) is 5.82. The van der Waals surface area contributed by atoms with Crippen molar-refractivity contribution in [3.8, 4) is 0 Å². The molecule has 1 aliphatic rings. The normalized spacial score (nSPS) is 15.9. The monoisotopic (exact) mass is 465 g/mol. The summed E-state index contributed by atoms with van der Waals surface area (Å²) in [5.41, 5.74) is 0.446. The number of hydrogen-bond acceptors (Lipinski definition) is 5. The van der Waals surface area contributed by atoms with Gasteiger partial charge in [-0.3, -0.25) is 14.2 Å². The van der Waals surface area contributed by atoms with Crippen LogP contribution in [0.2, 0.25) is 5.02 Å². The van der Waals surface area contributed by atoms with E-state index in [9.17, 15) is 9.59 Å². The number of carbonyl (C=O) groups excluding carboxylic acids is 1. The second kappa shape index (κ2) is 11.3. The van der Waals surface area contributed by atoms with E-state index in [0.717, 1.165) is 12.8 Å². The molecular weight excluding hydrogens is 434 g/mol. The van der Waals surface area contributed by atoms with Crippen molar-refractivity contribution in [3.63, 3.8) is 0 Å². The van der Waals surface area contributed by atoms with Crippen LogP contribution in [-0.2, 0) is 16.1 Å². The van der Waals surface area contributed by atoms with E-state index in [1.807, 2.05) is 18.7 Å². The van der Waals surface area contributed by atoms with Gasteiger partial charge in [-0.25, -0.2) is 4.98 Å². The molecule has 6 nitrogen and oxygen atoms in total. The molecule has 0 aliphatic heterocycles. The zero-order chi connectivity index (χ0) is 22.4. The van der Waals surface area contributed by atoms with Crippen LogP contribution in [0.5, 0.6) is 0 Å². The first-order valence-corrected chi connectivity index (χ1v) is 12.4. The number of fused-ring (bicyclic) bond motifs is 1. The molecule has 0 radical (unpaired) electrons. The maximum atomic E-state index is 13.3. The molecule has 0 saturated heterocycles. The highest BCUT2D eigenvalue weighted by Gasteiger charge is 2.29. The molecule has 170 valence electrons. The molecule has 1 saturated carbocycles. The average molecular weight is 466 g/mol. The van der Waals surface area contributed by atoms with Crippen molar-refractivity contribution < 1.29 is 9.53 Å². The number of thioether (sulfide) groups is 1. The van der Waals surface area contributed by atoms with Crippen molar-refractivity contribution in [1.82, 2.24) is 14.5 Å². The average Bonchev–Trinajstić information content (AvgIpc) is 2.77. The van der Waals surface area contributed by atoms with E-state index in [4.69, 9.17) is 21.3 Å². The number of ether oxygens (including phenoxy) is 1. The van der Waals surface area contributed by atoms with Crippen LogP contribution < -0.4 is 5.56 Å². The van der Waals surface area contributed by atoms with Gasteiger partial charge in [-0.1, -0.05) is 42.6 Å². The standard InChI is InChI=1S/C23H32ClN3O3S/c1-4-26(18-9-6-5-7-10-18)21(28)16(2)31-23-25-20-15-17(24)11-12-19(20)22(29)27(23)13-8-14-30-3/h11-12,15-16,18H,4-10,13-14H2,1-3H3. The highest BCUT2D eigenvalue weighted by Crippen LogP contribution is 2.28. The SMILES string of the molecule is CCN(C(=O)C(C)Sc1nc2cc(Cl)ccc2c(=O)n1CCCOC)C1CCCCC1. The molecule has 1 unspecified atom stereocenters. The Hall–Kier alpha value is -1.57. The van der Waals surface area contributed by atoms with E-state index in [0.29, 0.717) is 53.2 Å². The van der Waals surface area contributed by atoms with Crippen molar-refractivity contribution in [2.24, 2.45) is 0 Å². The number of methoxy groups -OCH3 is 1. The molecule has 3 rings (SSSR count). The van der Waals surface area contributed by atoms with Gasteiger partial charge in [0.05, 0.1) is 16.2 Å². The number of hydrogen-bond donors (Lipinski definition) is 0. The van der Waals surface area contributed by atoms with Gasteiger partial charge in [0, 0.05) is 37.9 Å². The van der Waals surface area contributed by atoms with Gasteiger partial charge in [0.25, 0.3) is 5.56 Å². The van der Waals surface area contributed by atoms with Gasteiger partial charge in [0.1, 0.15) is 0 Å². The highest BCUT2D eigenvalue weighted by atomic mass is 35.5. The molecule has 8 heteroatoms. The van der Waals surface area contributed by atoms with Gasteiger partial charge < -0.3 is 9.64 Å². The largest absolute Gasteiger partial charge is 0.385 e. The van der Waals surface area contributed by atoms with Crippen LogP contribution in [0.4, 0.5) is 0 Å².